The Labute approximate surface area is 92.2 Å². The molecule has 0 spiro atoms. The van der Waals surface area contributed by atoms with E-state index >= 15 is 0 Å². The highest BCUT2D eigenvalue weighted by molar-refractivity contribution is 5.90. The van der Waals surface area contributed by atoms with Crippen LogP contribution < -0.4 is 5.32 Å². The van der Waals surface area contributed by atoms with Crippen LogP contribution >= 0.6 is 0 Å². The summed E-state index contributed by atoms with van der Waals surface area (Å²) in [6.45, 7) is 0. The Morgan fingerprint density at radius 1 is 1.50 bits per heavy atom. The molecule has 1 amide bonds. The minimum atomic E-state index is -0.180. The number of amides is 1. The molecule has 5 heteroatoms. The highest BCUT2D eigenvalue weighted by Crippen LogP contribution is 2.11. The third-order valence-corrected chi connectivity index (χ3v) is 2.03. The predicted octanol–water partition coefficient (Wildman–Crippen LogP) is 1.30. The first-order valence-electron chi connectivity index (χ1n) is 4.81. The van der Waals surface area contributed by atoms with Gasteiger partial charge in [-0.15, -0.1) is 0 Å². The van der Waals surface area contributed by atoms with Crippen LogP contribution in [0.3, 0.4) is 0 Å². The van der Waals surface area contributed by atoms with E-state index in [9.17, 15) is 9.90 Å². The number of carbonyl (C=O) groups excluding carboxylic acids is 1. The monoisotopic (exact) mass is 217 g/mol. The quantitative estimate of drug-likeness (QED) is 0.725. The van der Waals surface area contributed by atoms with Gasteiger partial charge in [0.25, 0.3) is 0 Å². The molecule has 0 atom stereocenters. The lowest BCUT2D eigenvalue weighted by Gasteiger charge is -2.02. The number of hydrogen-bond acceptors (Lipinski definition) is 3. The molecule has 0 saturated heterocycles. The van der Waals surface area contributed by atoms with Crippen molar-refractivity contribution in [3.8, 4) is 5.75 Å². The molecule has 1 aromatic carbocycles. The molecule has 0 radical (unpaired) electrons. The summed E-state index contributed by atoms with van der Waals surface area (Å²) < 4.78 is 0. The fourth-order valence-electron chi connectivity index (χ4n) is 1.36. The SMILES string of the molecule is O=C(Cc1cccc(O)c1)Nc1ncc[nH]1. The van der Waals surface area contributed by atoms with E-state index in [1.54, 1.807) is 36.7 Å². The summed E-state index contributed by atoms with van der Waals surface area (Å²) >= 11 is 0. The second-order valence-corrected chi connectivity index (χ2v) is 3.33. The Hall–Kier alpha value is -2.30. The van der Waals surface area contributed by atoms with Crippen molar-refractivity contribution in [2.24, 2.45) is 0 Å². The number of imidazole rings is 1. The first-order chi connectivity index (χ1) is 7.74. The summed E-state index contributed by atoms with van der Waals surface area (Å²) in [6, 6.07) is 6.60. The number of aromatic amines is 1. The van der Waals surface area contributed by atoms with Gasteiger partial charge in [-0.2, -0.15) is 0 Å². The van der Waals surface area contributed by atoms with Crippen LogP contribution in [-0.2, 0) is 11.2 Å². The van der Waals surface area contributed by atoms with Gasteiger partial charge in [0.15, 0.2) is 0 Å². The van der Waals surface area contributed by atoms with Crippen LogP contribution in [0.2, 0.25) is 0 Å². The van der Waals surface area contributed by atoms with Gasteiger partial charge in [-0.3, -0.25) is 10.1 Å². The van der Waals surface area contributed by atoms with Crippen LogP contribution in [-0.4, -0.2) is 21.0 Å². The number of aromatic hydroxyl groups is 1. The molecule has 16 heavy (non-hydrogen) atoms. The van der Waals surface area contributed by atoms with E-state index in [-0.39, 0.29) is 18.1 Å². The van der Waals surface area contributed by atoms with Gasteiger partial charge in [0.2, 0.25) is 11.9 Å². The van der Waals surface area contributed by atoms with Crippen LogP contribution in [0.5, 0.6) is 5.75 Å². The van der Waals surface area contributed by atoms with Crippen molar-refractivity contribution < 1.29 is 9.90 Å². The summed E-state index contributed by atoms with van der Waals surface area (Å²) in [5, 5.41) is 11.8. The van der Waals surface area contributed by atoms with Crippen molar-refractivity contribution in [3.05, 3.63) is 42.2 Å². The summed E-state index contributed by atoms with van der Waals surface area (Å²) in [7, 11) is 0. The van der Waals surface area contributed by atoms with Gasteiger partial charge in [-0.25, -0.2) is 4.98 Å². The number of phenolic OH excluding ortho intramolecular Hbond substituents is 1. The molecule has 0 saturated carbocycles. The van der Waals surface area contributed by atoms with Gasteiger partial charge >= 0.3 is 0 Å². The fraction of sp³-hybridized carbons (Fsp3) is 0.0909. The van der Waals surface area contributed by atoms with Crippen molar-refractivity contribution in [2.45, 2.75) is 6.42 Å². The third-order valence-electron chi connectivity index (χ3n) is 2.03. The van der Waals surface area contributed by atoms with Crippen LogP contribution in [0, 0.1) is 0 Å². The molecule has 0 aliphatic heterocycles. The average molecular weight is 217 g/mol. The smallest absolute Gasteiger partial charge is 0.231 e. The van der Waals surface area contributed by atoms with Gasteiger partial charge in [0.05, 0.1) is 6.42 Å². The molecule has 2 rings (SSSR count). The maximum Gasteiger partial charge on any atom is 0.231 e. The van der Waals surface area contributed by atoms with Crippen LogP contribution in [0.15, 0.2) is 36.7 Å². The maximum atomic E-state index is 11.5. The first kappa shape index (κ1) is 10.2. The van der Waals surface area contributed by atoms with Gasteiger partial charge in [0, 0.05) is 12.4 Å². The number of aromatic nitrogens is 2. The largest absolute Gasteiger partial charge is 0.508 e. The molecule has 82 valence electrons. The number of nitrogens with zero attached hydrogens (tertiary/aromatic N) is 1. The summed E-state index contributed by atoms with van der Waals surface area (Å²) in [5.74, 6) is 0.397. The highest BCUT2D eigenvalue weighted by Gasteiger charge is 2.05. The molecule has 0 fully saturated rings. The number of H-pyrrole nitrogens is 1. The highest BCUT2D eigenvalue weighted by atomic mass is 16.3. The zero-order chi connectivity index (χ0) is 11.4. The molecular formula is C11H11N3O2. The fourth-order valence-corrected chi connectivity index (χ4v) is 1.36. The average Bonchev–Trinajstić information content (AvgIpc) is 2.70. The lowest BCUT2D eigenvalue weighted by atomic mass is 10.1. The number of hydrogen-bond donors (Lipinski definition) is 3. The van der Waals surface area contributed by atoms with E-state index in [0.29, 0.717) is 5.95 Å². The molecule has 1 aromatic heterocycles. The number of nitrogens with one attached hydrogen (secondary N) is 2. The van der Waals surface area contributed by atoms with E-state index in [1.165, 1.54) is 0 Å². The number of anilines is 1. The third kappa shape index (κ3) is 2.60. The zero-order valence-electron chi connectivity index (χ0n) is 8.47. The van der Waals surface area contributed by atoms with Crippen molar-refractivity contribution in [1.82, 2.24) is 9.97 Å². The van der Waals surface area contributed by atoms with Gasteiger partial charge in [-0.1, -0.05) is 12.1 Å². The van der Waals surface area contributed by atoms with Crippen LogP contribution in [0.1, 0.15) is 5.56 Å². The second kappa shape index (κ2) is 4.48. The minimum Gasteiger partial charge on any atom is -0.508 e. The van der Waals surface area contributed by atoms with E-state index in [4.69, 9.17) is 0 Å². The Bertz CT molecular complexity index is 480. The topological polar surface area (TPSA) is 78.0 Å². The van der Waals surface area contributed by atoms with Gasteiger partial charge in [0.1, 0.15) is 5.75 Å². The Balaban J connectivity index is 1.97. The molecule has 2 aromatic rings. The lowest BCUT2D eigenvalue weighted by molar-refractivity contribution is -0.115. The van der Waals surface area contributed by atoms with Crippen molar-refractivity contribution in [2.75, 3.05) is 5.32 Å². The van der Waals surface area contributed by atoms with E-state index in [1.807, 2.05) is 0 Å². The second-order valence-electron chi connectivity index (χ2n) is 3.33. The molecule has 0 aliphatic rings. The Kier molecular flexibility index (Phi) is 2.86. The normalized spacial score (nSPS) is 10.0. The standard InChI is InChI=1S/C11H11N3O2/c15-9-3-1-2-8(6-9)7-10(16)14-11-12-4-5-13-11/h1-6,15H,7H2,(H2,12,13,14,16). The van der Waals surface area contributed by atoms with Gasteiger partial charge < -0.3 is 10.1 Å². The first-order valence-corrected chi connectivity index (χ1v) is 4.81. The molecular weight excluding hydrogens is 206 g/mol. The number of phenols is 1. The van der Waals surface area contributed by atoms with Crippen LogP contribution in [0.4, 0.5) is 5.95 Å². The number of benzene rings is 1. The Morgan fingerprint density at radius 2 is 2.38 bits per heavy atom. The molecule has 1 heterocycles. The summed E-state index contributed by atoms with van der Waals surface area (Å²) in [5.41, 5.74) is 0.754. The summed E-state index contributed by atoms with van der Waals surface area (Å²) in [4.78, 5) is 18.2. The molecule has 0 aliphatic carbocycles. The van der Waals surface area contributed by atoms with Crippen molar-refractivity contribution in [1.29, 1.82) is 0 Å². The number of rotatable bonds is 3. The van der Waals surface area contributed by atoms with E-state index < -0.39 is 0 Å². The molecule has 3 N–H and O–H groups in total. The number of carbonyl (C=O) groups is 1. The molecule has 0 unspecified atom stereocenters. The molecule has 5 nitrogen and oxygen atoms in total. The lowest BCUT2D eigenvalue weighted by Crippen LogP contribution is -2.15. The van der Waals surface area contributed by atoms with E-state index in [2.05, 4.69) is 15.3 Å². The predicted molar refractivity (Wildman–Crippen MR) is 59.0 cm³/mol. The van der Waals surface area contributed by atoms with E-state index in [0.717, 1.165) is 5.56 Å². The van der Waals surface area contributed by atoms with Crippen molar-refractivity contribution in [3.63, 3.8) is 0 Å². The molecule has 0 bridgehead atoms. The Morgan fingerprint density at radius 3 is 3.06 bits per heavy atom. The zero-order valence-corrected chi connectivity index (χ0v) is 8.47. The minimum absolute atomic E-state index is 0.156. The van der Waals surface area contributed by atoms with Crippen LogP contribution in [0.25, 0.3) is 0 Å². The van der Waals surface area contributed by atoms with Crippen molar-refractivity contribution >= 4 is 11.9 Å². The maximum absolute atomic E-state index is 11.5. The van der Waals surface area contributed by atoms with Gasteiger partial charge in [-0.05, 0) is 17.7 Å². The summed E-state index contributed by atoms with van der Waals surface area (Å²) in [6.07, 6.45) is 3.39.